The molecule has 16 heavy (non-hydrogen) atoms. The highest BCUT2D eigenvalue weighted by molar-refractivity contribution is 7.80. The standard InChI is InChI=1S/C12H19N3S/c1-8(2)7-9(3)15-12-10(11(13)16)5-4-6-14-12/h4-6,8-9H,7H2,1-3H3,(H2,13,16)(H,14,15). The molecule has 0 saturated heterocycles. The zero-order valence-electron chi connectivity index (χ0n) is 10.0. The third kappa shape index (κ3) is 3.77. The Balaban J connectivity index is 2.76. The average molecular weight is 237 g/mol. The van der Waals surface area contributed by atoms with E-state index < -0.39 is 0 Å². The molecule has 0 amide bonds. The summed E-state index contributed by atoms with van der Waals surface area (Å²) in [5.74, 6) is 1.43. The molecule has 0 radical (unpaired) electrons. The first-order chi connectivity index (χ1) is 7.50. The molecular weight excluding hydrogens is 218 g/mol. The van der Waals surface area contributed by atoms with Gasteiger partial charge in [0.1, 0.15) is 10.8 Å². The molecule has 1 rings (SSSR count). The van der Waals surface area contributed by atoms with E-state index in [4.69, 9.17) is 18.0 Å². The van der Waals surface area contributed by atoms with Crippen LogP contribution in [0.4, 0.5) is 5.82 Å². The van der Waals surface area contributed by atoms with Gasteiger partial charge in [0, 0.05) is 12.2 Å². The van der Waals surface area contributed by atoms with Crippen LogP contribution in [0, 0.1) is 5.92 Å². The number of nitrogens with zero attached hydrogens (tertiary/aromatic N) is 1. The highest BCUT2D eigenvalue weighted by Gasteiger charge is 2.10. The number of nitrogens with one attached hydrogen (secondary N) is 1. The van der Waals surface area contributed by atoms with Crippen molar-refractivity contribution >= 4 is 23.0 Å². The maximum absolute atomic E-state index is 5.64. The molecule has 1 unspecified atom stereocenters. The van der Waals surface area contributed by atoms with Crippen molar-refractivity contribution in [1.29, 1.82) is 0 Å². The lowest BCUT2D eigenvalue weighted by molar-refractivity contribution is 0.539. The molecule has 3 nitrogen and oxygen atoms in total. The summed E-state index contributed by atoms with van der Waals surface area (Å²) in [6.45, 7) is 6.54. The fourth-order valence-electron chi connectivity index (χ4n) is 1.72. The number of rotatable bonds is 5. The van der Waals surface area contributed by atoms with Crippen LogP contribution < -0.4 is 11.1 Å². The van der Waals surface area contributed by atoms with Crippen molar-refractivity contribution in [3.05, 3.63) is 23.9 Å². The van der Waals surface area contributed by atoms with Crippen molar-refractivity contribution in [3.63, 3.8) is 0 Å². The van der Waals surface area contributed by atoms with Gasteiger partial charge in [0.25, 0.3) is 0 Å². The quantitative estimate of drug-likeness (QED) is 0.773. The van der Waals surface area contributed by atoms with E-state index in [1.165, 1.54) is 0 Å². The molecule has 0 bridgehead atoms. The van der Waals surface area contributed by atoms with Crippen molar-refractivity contribution in [2.24, 2.45) is 11.7 Å². The summed E-state index contributed by atoms with van der Waals surface area (Å²) in [7, 11) is 0. The van der Waals surface area contributed by atoms with Crippen molar-refractivity contribution in [2.45, 2.75) is 33.2 Å². The van der Waals surface area contributed by atoms with Crippen molar-refractivity contribution < 1.29 is 0 Å². The Morgan fingerprint density at radius 3 is 2.75 bits per heavy atom. The Morgan fingerprint density at radius 1 is 1.50 bits per heavy atom. The van der Waals surface area contributed by atoms with Crippen LogP contribution in [-0.2, 0) is 0 Å². The largest absolute Gasteiger partial charge is 0.389 e. The molecule has 1 heterocycles. The molecule has 0 aliphatic rings. The van der Waals surface area contributed by atoms with Crippen LogP contribution in [-0.4, -0.2) is 16.0 Å². The first-order valence-electron chi connectivity index (χ1n) is 5.52. The van der Waals surface area contributed by atoms with Crippen LogP contribution in [0.5, 0.6) is 0 Å². The van der Waals surface area contributed by atoms with Crippen molar-refractivity contribution in [3.8, 4) is 0 Å². The Kier molecular flexibility index (Phi) is 4.68. The van der Waals surface area contributed by atoms with E-state index in [2.05, 4.69) is 31.1 Å². The highest BCUT2D eigenvalue weighted by Crippen LogP contribution is 2.15. The van der Waals surface area contributed by atoms with Gasteiger partial charge in [0.2, 0.25) is 0 Å². The van der Waals surface area contributed by atoms with Gasteiger partial charge in [-0.1, -0.05) is 26.1 Å². The second-order valence-electron chi connectivity index (χ2n) is 4.44. The van der Waals surface area contributed by atoms with Gasteiger partial charge >= 0.3 is 0 Å². The molecule has 0 aliphatic carbocycles. The third-order valence-electron chi connectivity index (χ3n) is 2.28. The summed E-state index contributed by atoms with van der Waals surface area (Å²) in [5.41, 5.74) is 6.46. The van der Waals surface area contributed by atoms with Gasteiger partial charge in [-0.25, -0.2) is 4.98 Å². The molecular formula is C12H19N3S. The molecule has 88 valence electrons. The van der Waals surface area contributed by atoms with Gasteiger partial charge in [-0.3, -0.25) is 0 Å². The lowest BCUT2D eigenvalue weighted by atomic mass is 10.1. The van der Waals surface area contributed by atoms with E-state index in [0.29, 0.717) is 16.9 Å². The first kappa shape index (κ1) is 12.9. The molecule has 1 aromatic heterocycles. The second kappa shape index (κ2) is 5.80. The van der Waals surface area contributed by atoms with Gasteiger partial charge in [-0.15, -0.1) is 0 Å². The van der Waals surface area contributed by atoms with E-state index in [1.54, 1.807) is 6.20 Å². The minimum absolute atomic E-state index is 0.364. The first-order valence-corrected chi connectivity index (χ1v) is 5.93. The minimum Gasteiger partial charge on any atom is -0.389 e. The number of hydrogen-bond donors (Lipinski definition) is 2. The molecule has 0 fully saturated rings. The van der Waals surface area contributed by atoms with Crippen LogP contribution in [0.25, 0.3) is 0 Å². The van der Waals surface area contributed by atoms with Crippen LogP contribution in [0.3, 0.4) is 0 Å². The predicted molar refractivity (Wildman–Crippen MR) is 72.7 cm³/mol. The van der Waals surface area contributed by atoms with Gasteiger partial charge < -0.3 is 11.1 Å². The Bertz CT molecular complexity index is 363. The summed E-state index contributed by atoms with van der Waals surface area (Å²) in [5, 5.41) is 3.34. The lowest BCUT2D eigenvalue weighted by Gasteiger charge is -2.18. The van der Waals surface area contributed by atoms with Gasteiger partial charge in [-0.2, -0.15) is 0 Å². The normalized spacial score (nSPS) is 12.5. The SMILES string of the molecule is CC(C)CC(C)Nc1ncccc1C(N)=S. The zero-order valence-corrected chi connectivity index (χ0v) is 10.8. The number of hydrogen-bond acceptors (Lipinski definition) is 3. The lowest BCUT2D eigenvalue weighted by Crippen LogP contribution is -2.21. The van der Waals surface area contributed by atoms with Crippen molar-refractivity contribution in [2.75, 3.05) is 5.32 Å². The number of nitrogens with two attached hydrogens (primary N) is 1. The minimum atomic E-state index is 0.364. The third-order valence-corrected chi connectivity index (χ3v) is 2.50. The maximum Gasteiger partial charge on any atom is 0.136 e. The predicted octanol–water partition coefficient (Wildman–Crippen LogP) is 2.56. The van der Waals surface area contributed by atoms with Gasteiger partial charge in [0.05, 0.1) is 5.56 Å². The Hall–Kier alpha value is -1.16. The number of pyridine rings is 1. The van der Waals surface area contributed by atoms with E-state index in [9.17, 15) is 0 Å². The van der Waals surface area contributed by atoms with Gasteiger partial charge in [-0.05, 0) is 31.4 Å². The Morgan fingerprint density at radius 2 is 2.19 bits per heavy atom. The van der Waals surface area contributed by atoms with E-state index in [-0.39, 0.29) is 0 Å². The van der Waals surface area contributed by atoms with E-state index in [1.807, 2.05) is 12.1 Å². The molecule has 1 atom stereocenters. The molecule has 0 aromatic carbocycles. The topological polar surface area (TPSA) is 50.9 Å². The van der Waals surface area contributed by atoms with Crippen LogP contribution in [0.15, 0.2) is 18.3 Å². The average Bonchev–Trinajstić information content (AvgIpc) is 2.16. The fourth-order valence-corrected chi connectivity index (χ4v) is 1.88. The van der Waals surface area contributed by atoms with E-state index >= 15 is 0 Å². The summed E-state index contributed by atoms with van der Waals surface area (Å²) >= 11 is 4.99. The summed E-state index contributed by atoms with van der Waals surface area (Å²) in [4.78, 5) is 4.65. The zero-order chi connectivity index (χ0) is 12.1. The fraction of sp³-hybridized carbons (Fsp3) is 0.500. The summed E-state index contributed by atoms with van der Waals surface area (Å²) < 4.78 is 0. The molecule has 0 spiro atoms. The maximum atomic E-state index is 5.64. The molecule has 3 N–H and O–H groups in total. The van der Waals surface area contributed by atoms with E-state index in [0.717, 1.165) is 17.8 Å². The van der Waals surface area contributed by atoms with Crippen LogP contribution in [0.1, 0.15) is 32.8 Å². The second-order valence-corrected chi connectivity index (χ2v) is 4.88. The van der Waals surface area contributed by atoms with Crippen LogP contribution >= 0.6 is 12.2 Å². The monoisotopic (exact) mass is 237 g/mol. The molecule has 0 saturated carbocycles. The number of anilines is 1. The highest BCUT2D eigenvalue weighted by atomic mass is 32.1. The van der Waals surface area contributed by atoms with Crippen molar-refractivity contribution in [1.82, 2.24) is 4.98 Å². The number of aromatic nitrogens is 1. The molecule has 4 heteroatoms. The Labute approximate surface area is 102 Å². The van der Waals surface area contributed by atoms with Gasteiger partial charge in [0.15, 0.2) is 0 Å². The molecule has 1 aromatic rings. The number of thiocarbonyl (C=S) groups is 1. The smallest absolute Gasteiger partial charge is 0.136 e. The molecule has 0 aliphatic heterocycles. The summed E-state index contributed by atoms with van der Waals surface area (Å²) in [6, 6.07) is 4.09. The summed E-state index contributed by atoms with van der Waals surface area (Å²) in [6.07, 6.45) is 2.83. The van der Waals surface area contributed by atoms with Crippen LogP contribution in [0.2, 0.25) is 0 Å².